The predicted molar refractivity (Wildman–Crippen MR) is 112 cm³/mol. The molecule has 0 radical (unpaired) electrons. The molecule has 7 heteroatoms. The van der Waals surface area contributed by atoms with Crippen molar-refractivity contribution in [3.8, 4) is 17.2 Å². The molecule has 0 aliphatic rings. The molecule has 0 bridgehead atoms. The molecular formula is C24H22O7. The van der Waals surface area contributed by atoms with E-state index in [0.29, 0.717) is 16.7 Å². The van der Waals surface area contributed by atoms with Crippen molar-refractivity contribution in [2.75, 3.05) is 14.2 Å². The molecule has 7 nitrogen and oxygen atoms in total. The van der Waals surface area contributed by atoms with Gasteiger partial charge in [-0.15, -0.1) is 0 Å². The smallest absolute Gasteiger partial charge is 0.317 e. The van der Waals surface area contributed by atoms with Gasteiger partial charge < -0.3 is 24.8 Å². The molecule has 0 aliphatic heterocycles. The quantitative estimate of drug-likeness (QED) is 0.522. The average Bonchev–Trinajstić information content (AvgIpc) is 2.78. The van der Waals surface area contributed by atoms with E-state index in [2.05, 4.69) is 0 Å². The molecule has 3 rings (SSSR count). The molecule has 0 aromatic heterocycles. The van der Waals surface area contributed by atoms with Gasteiger partial charge in [-0.2, -0.15) is 0 Å². The summed E-state index contributed by atoms with van der Waals surface area (Å²) in [5, 5.41) is 29.7. The van der Waals surface area contributed by atoms with Crippen LogP contribution in [-0.4, -0.2) is 41.5 Å². The predicted octanol–water partition coefficient (Wildman–Crippen LogP) is 3.41. The van der Waals surface area contributed by atoms with Crippen molar-refractivity contribution in [2.24, 2.45) is 0 Å². The highest BCUT2D eigenvalue weighted by Gasteiger charge is 2.30. The Balaban J connectivity index is 2.15. The number of benzene rings is 3. The first-order chi connectivity index (χ1) is 14.8. The highest BCUT2D eigenvalue weighted by Crippen LogP contribution is 2.37. The van der Waals surface area contributed by atoms with E-state index in [-0.39, 0.29) is 22.8 Å². The molecule has 0 aliphatic carbocycles. The summed E-state index contributed by atoms with van der Waals surface area (Å²) in [6.45, 7) is 0. The maximum Gasteiger partial charge on any atom is 0.317 e. The monoisotopic (exact) mass is 422 g/mol. The maximum absolute atomic E-state index is 12.6. The van der Waals surface area contributed by atoms with E-state index in [9.17, 15) is 24.9 Å². The number of aromatic hydroxyl groups is 3. The minimum Gasteiger partial charge on any atom is -0.508 e. The summed E-state index contributed by atoms with van der Waals surface area (Å²) in [6, 6.07) is 16.6. The van der Waals surface area contributed by atoms with E-state index >= 15 is 0 Å². The SMILES string of the molecule is COC(=O)C(c1ccc(O)cc1)c1ccc(O)c(C(C(=O)OC)c2ccc(O)cc2)c1. The molecule has 0 spiro atoms. The first-order valence-electron chi connectivity index (χ1n) is 9.42. The number of rotatable bonds is 6. The highest BCUT2D eigenvalue weighted by molar-refractivity contribution is 5.85. The largest absolute Gasteiger partial charge is 0.508 e. The molecule has 0 saturated carbocycles. The number of methoxy groups -OCH3 is 2. The lowest BCUT2D eigenvalue weighted by molar-refractivity contribution is -0.142. The second-order valence-electron chi connectivity index (χ2n) is 6.91. The summed E-state index contributed by atoms with van der Waals surface area (Å²) in [5.74, 6) is -3.05. The first kappa shape index (κ1) is 21.7. The van der Waals surface area contributed by atoms with Gasteiger partial charge in [-0.1, -0.05) is 30.3 Å². The highest BCUT2D eigenvalue weighted by atomic mass is 16.5. The van der Waals surface area contributed by atoms with Crippen LogP contribution >= 0.6 is 0 Å². The number of carbonyl (C=O) groups excluding carboxylic acids is 2. The molecule has 3 N–H and O–H groups in total. The van der Waals surface area contributed by atoms with Crippen LogP contribution in [0, 0.1) is 0 Å². The van der Waals surface area contributed by atoms with Gasteiger partial charge in [0.1, 0.15) is 29.1 Å². The normalized spacial score (nSPS) is 12.6. The van der Waals surface area contributed by atoms with E-state index in [1.54, 1.807) is 36.4 Å². The molecule has 0 heterocycles. The number of phenols is 3. The summed E-state index contributed by atoms with van der Waals surface area (Å²) < 4.78 is 9.91. The molecule has 0 amide bonds. The van der Waals surface area contributed by atoms with Gasteiger partial charge in [-0.3, -0.25) is 9.59 Å². The van der Waals surface area contributed by atoms with E-state index in [0.717, 1.165) is 0 Å². The molecule has 3 aromatic rings. The number of carbonyl (C=O) groups is 2. The summed E-state index contributed by atoms with van der Waals surface area (Å²) in [5.41, 5.74) is 1.79. The summed E-state index contributed by atoms with van der Waals surface area (Å²) in [4.78, 5) is 25.2. The molecule has 2 unspecified atom stereocenters. The molecule has 0 fully saturated rings. The second kappa shape index (κ2) is 9.21. The molecule has 3 aromatic carbocycles. The fourth-order valence-electron chi connectivity index (χ4n) is 3.46. The van der Waals surface area contributed by atoms with Gasteiger partial charge in [-0.05, 0) is 53.1 Å². The Labute approximate surface area is 179 Å². The van der Waals surface area contributed by atoms with Crippen molar-refractivity contribution in [1.82, 2.24) is 0 Å². The van der Waals surface area contributed by atoms with Gasteiger partial charge in [0.2, 0.25) is 0 Å². The summed E-state index contributed by atoms with van der Waals surface area (Å²) in [7, 11) is 2.51. The lowest BCUT2D eigenvalue weighted by atomic mass is 9.85. The number of esters is 2. The van der Waals surface area contributed by atoms with Crippen molar-refractivity contribution in [3.63, 3.8) is 0 Å². The number of phenolic OH excluding ortho intramolecular Hbond substituents is 3. The minimum absolute atomic E-state index is 0.0309. The third-order valence-electron chi connectivity index (χ3n) is 5.02. The van der Waals surface area contributed by atoms with Crippen molar-refractivity contribution in [3.05, 3.63) is 89.0 Å². The molecule has 0 saturated heterocycles. The lowest BCUT2D eigenvalue weighted by Gasteiger charge is -2.21. The van der Waals surface area contributed by atoms with Crippen LogP contribution < -0.4 is 0 Å². The lowest BCUT2D eigenvalue weighted by Crippen LogP contribution is -2.18. The number of ether oxygens (including phenoxy) is 2. The maximum atomic E-state index is 12.6. The Kier molecular flexibility index (Phi) is 6.45. The zero-order valence-corrected chi connectivity index (χ0v) is 17.0. The third-order valence-corrected chi connectivity index (χ3v) is 5.02. The van der Waals surface area contributed by atoms with Gasteiger partial charge >= 0.3 is 11.9 Å². The molecular weight excluding hydrogens is 400 g/mol. The van der Waals surface area contributed by atoms with Crippen LogP contribution in [0.5, 0.6) is 17.2 Å². The van der Waals surface area contributed by atoms with Crippen molar-refractivity contribution >= 4 is 11.9 Å². The summed E-state index contributed by atoms with van der Waals surface area (Å²) in [6.07, 6.45) is 0. The Morgan fingerprint density at radius 2 is 1.06 bits per heavy atom. The summed E-state index contributed by atoms with van der Waals surface area (Å²) >= 11 is 0. The molecule has 31 heavy (non-hydrogen) atoms. The number of hydrogen-bond donors (Lipinski definition) is 3. The fourth-order valence-corrected chi connectivity index (χ4v) is 3.46. The van der Waals surface area contributed by atoms with Crippen molar-refractivity contribution < 1.29 is 34.4 Å². The Bertz CT molecular complexity index is 1070. The van der Waals surface area contributed by atoms with E-state index in [1.165, 1.54) is 44.6 Å². The van der Waals surface area contributed by atoms with E-state index < -0.39 is 23.8 Å². The minimum atomic E-state index is -0.983. The van der Waals surface area contributed by atoms with E-state index in [1.807, 2.05) is 0 Å². The third kappa shape index (κ3) is 4.61. The molecule has 160 valence electrons. The van der Waals surface area contributed by atoms with Crippen molar-refractivity contribution in [1.29, 1.82) is 0 Å². The van der Waals surface area contributed by atoms with Crippen molar-refractivity contribution in [2.45, 2.75) is 11.8 Å². The van der Waals surface area contributed by atoms with Crippen LogP contribution in [0.25, 0.3) is 0 Å². The first-order valence-corrected chi connectivity index (χ1v) is 9.42. The topological polar surface area (TPSA) is 113 Å². The number of hydrogen-bond acceptors (Lipinski definition) is 7. The zero-order valence-electron chi connectivity index (χ0n) is 17.0. The Morgan fingerprint density at radius 1 is 0.645 bits per heavy atom. The van der Waals surface area contributed by atoms with Gasteiger partial charge in [-0.25, -0.2) is 0 Å². The van der Waals surface area contributed by atoms with Crippen LogP contribution in [0.15, 0.2) is 66.7 Å². The van der Waals surface area contributed by atoms with Crippen LogP contribution in [0.2, 0.25) is 0 Å². The van der Waals surface area contributed by atoms with Crippen LogP contribution in [0.4, 0.5) is 0 Å². The van der Waals surface area contributed by atoms with Crippen LogP contribution in [-0.2, 0) is 19.1 Å². The van der Waals surface area contributed by atoms with Gasteiger partial charge in [0.05, 0.1) is 14.2 Å². The molecule has 2 atom stereocenters. The Hall–Kier alpha value is -4.00. The van der Waals surface area contributed by atoms with Gasteiger partial charge in [0.25, 0.3) is 0 Å². The fraction of sp³-hybridized carbons (Fsp3) is 0.167. The zero-order chi connectivity index (χ0) is 22.5. The van der Waals surface area contributed by atoms with Gasteiger partial charge in [0, 0.05) is 5.56 Å². The second-order valence-corrected chi connectivity index (χ2v) is 6.91. The standard InChI is InChI=1S/C24H22O7/c1-30-23(28)21(14-3-8-17(25)9-4-14)16-7-12-20(27)19(13-16)22(24(29)31-2)15-5-10-18(26)11-6-15/h3-13,21-22,25-27H,1-2H3. The Morgan fingerprint density at radius 3 is 1.55 bits per heavy atom. The average molecular weight is 422 g/mol. The van der Waals surface area contributed by atoms with Crippen LogP contribution in [0.3, 0.4) is 0 Å². The van der Waals surface area contributed by atoms with E-state index in [4.69, 9.17) is 9.47 Å². The van der Waals surface area contributed by atoms with Crippen LogP contribution in [0.1, 0.15) is 34.1 Å². The van der Waals surface area contributed by atoms with Gasteiger partial charge in [0.15, 0.2) is 0 Å².